The molecule has 6 nitrogen and oxygen atoms in total. The van der Waals surface area contributed by atoms with E-state index in [0.717, 1.165) is 25.2 Å². The molecule has 6 heteroatoms. The van der Waals surface area contributed by atoms with Crippen molar-refractivity contribution >= 4 is 5.91 Å². The van der Waals surface area contributed by atoms with Crippen LogP contribution in [0.4, 0.5) is 0 Å². The van der Waals surface area contributed by atoms with Crippen molar-refractivity contribution in [3.8, 4) is 11.5 Å². The second-order valence-electron chi connectivity index (χ2n) is 6.93. The predicted octanol–water partition coefficient (Wildman–Crippen LogP) is 2.64. The number of morpholine rings is 1. The van der Waals surface area contributed by atoms with E-state index in [1.165, 1.54) is 5.56 Å². The lowest BCUT2D eigenvalue weighted by Gasteiger charge is -2.33. The highest BCUT2D eigenvalue weighted by Crippen LogP contribution is 2.29. The van der Waals surface area contributed by atoms with Gasteiger partial charge < -0.3 is 19.5 Å². The third-order valence-electron chi connectivity index (χ3n) is 4.98. The molecule has 2 aromatic rings. The van der Waals surface area contributed by atoms with E-state index in [2.05, 4.69) is 34.5 Å². The molecule has 1 amide bonds. The van der Waals surface area contributed by atoms with E-state index < -0.39 is 0 Å². The van der Waals surface area contributed by atoms with Crippen molar-refractivity contribution in [2.24, 2.45) is 0 Å². The van der Waals surface area contributed by atoms with Crippen molar-refractivity contribution in [2.75, 3.05) is 40.5 Å². The Balaban J connectivity index is 1.57. The summed E-state index contributed by atoms with van der Waals surface area (Å²) < 4.78 is 16.5. The van der Waals surface area contributed by atoms with Gasteiger partial charge in [-0.15, -0.1) is 0 Å². The van der Waals surface area contributed by atoms with E-state index in [1.54, 1.807) is 26.4 Å². The van der Waals surface area contributed by atoms with Gasteiger partial charge in [0.25, 0.3) is 5.91 Å². The van der Waals surface area contributed by atoms with E-state index in [-0.39, 0.29) is 12.0 Å². The Labute approximate surface area is 166 Å². The van der Waals surface area contributed by atoms with Crippen LogP contribution >= 0.6 is 0 Å². The van der Waals surface area contributed by atoms with Gasteiger partial charge in [0.2, 0.25) is 0 Å². The molecule has 1 aliphatic rings. The summed E-state index contributed by atoms with van der Waals surface area (Å²) in [5, 5.41) is 2.97. The summed E-state index contributed by atoms with van der Waals surface area (Å²) in [6, 6.07) is 13.9. The highest BCUT2D eigenvalue weighted by molar-refractivity contribution is 5.95. The number of carbonyl (C=O) groups is 1. The zero-order valence-corrected chi connectivity index (χ0v) is 16.7. The zero-order valence-electron chi connectivity index (χ0n) is 16.7. The molecule has 1 atom stereocenters. The van der Waals surface area contributed by atoms with Crippen molar-refractivity contribution in [3.63, 3.8) is 0 Å². The van der Waals surface area contributed by atoms with Crippen LogP contribution < -0.4 is 14.8 Å². The Morgan fingerprint density at radius 2 is 1.86 bits per heavy atom. The summed E-state index contributed by atoms with van der Waals surface area (Å²) in [4.78, 5) is 15.0. The third-order valence-corrected chi connectivity index (χ3v) is 4.98. The molecular weight excluding hydrogens is 356 g/mol. The number of hydrogen-bond acceptors (Lipinski definition) is 5. The highest BCUT2D eigenvalue weighted by Gasteiger charge is 2.22. The molecule has 0 bridgehead atoms. The molecule has 3 rings (SSSR count). The van der Waals surface area contributed by atoms with E-state index in [1.807, 2.05) is 13.0 Å². The number of rotatable bonds is 7. The molecule has 28 heavy (non-hydrogen) atoms. The molecule has 150 valence electrons. The first-order chi connectivity index (χ1) is 13.6. The van der Waals surface area contributed by atoms with Crippen LogP contribution in [0.1, 0.15) is 21.5 Å². The van der Waals surface area contributed by atoms with E-state index in [0.29, 0.717) is 30.2 Å². The van der Waals surface area contributed by atoms with Crippen molar-refractivity contribution < 1.29 is 19.0 Å². The molecule has 1 aliphatic heterocycles. The number of ether oxygens (including phenoxy) is 3. The van der Waals surface area contributed by atoms with Gasteiger partial charge in [0, 0.05) is 37.3 Å². The third kappa shape index (κ3) is 5.03. The van der Waals surface area contributed by atoms with E-state index in [9.17, 15) is 4.79 Å². The van der Waals surface area contributed by atoms with Crippen LogP contribution in [0.2, 0.25) is 0 Å². The van der Waals surface area contributed by atoms with Crippen molar-refractivity contribution in [1.29, 1.82) is 0 Å². The minimum absolute atomic E-state index is 0.0318. The van der Waals surface area contributed by atoms with Crippen molar-refractivity contribution in [2.45, 2.75) is 19.6 Å². The van der Waals surface area contributed by atoms with Crippen LogP contribution in [0, 0.1) is 6.92 Å². The Hall–Kier alpha value is -2.57. The Morgan fingerprint density at radius 3 is 2.50 bits per heavy atom. The number of nitrogens with one attached hydrogen (secondary N) is 1. The average molecular weight is 384 g/mol. The fourth-order valence-corrected chi connectivity index (χ4v) is 3.41. The van der Waals surface area contributed by atoms with Gasteiger partial charge in [-0.1, -0.05) is 30.3 Å². The predicted molar refractivity (Wildman–Crippen MR) is 108 cm³/mol. The highest BCUT2D eigenvalue weighted by atomic mass is 16.5. The summed E-state index contributed by atoms with van der Waals surface area (Å²) in [7, 11) is 3.17. The zero-order chi connectivity index (χ0) is 19.9. The topological polar surface area (TPSA) is 60.0 Å². The molecule has 0 aliphatic carbocycles. The SMILES string of the molecule is COc1cc(C(=O)NCC2CN(Cc3ccccc3)CCO2)cc(OC)c1C. The average Bonchev–Trinajstić information content (AvgIpc) is 2.73. The van der Waals surface area contributed by atoms with Crippen LogP contribution in [0.3, 0.4) is 0 Å². The summed E-state index contributed by atoms with van der Waals surface area (Å²) in [6.07, 6.45) is -0.0318. The maximum atomic E-state index is 12.6. The first-order valence-electron chi connectivity index (χ1n) is 9.49. The fraction of sp³-hybridized carbons (Fsp3) is 0.409. The number of benzene rings is 2. The van der Waals surface area contributed by atoms with Crippen LogP contribution in [0.15, 0.2) is 42.5 Å². The van der Waals surface area contributed by atoms with Gasteiger partial charge in [0.05, 0.1) is 26.9 Å². The number of hydrogen-bond donors (Lipinski definition) is 1. The molecule has 2 aromatic carbocycles. The van der Waals surface area contributed by atoms with Gasteiger partial charge >= 0.3 is 0 Å². The first-order valence-corrected chi connectivity index (χ1v) is 9.49. The maximum Gasteiger partial charge on any atom is 0.251 e. The minimum atomic E-state index is -0.166. The smallest absolute Gasteiger partial charge is 0.251 e. The second-order valence-corrected chi connectivity index (χ2v) is 6.93. The summed E-state index contributed by atoms with van der Waals surface area (Å²) in [5.41, 5.74) is 2.66. The normalized spacial score (nSPS) is 17.2. The Bertz CT molecular complexity index is 769. The first kappa shape index (κ1) is 20.2. The lowest BCUT2D eigenvalue weighted by Crippen LogP contribution is -2.47. The molecule has 1 saturated heterocycles. The van der Waals surface area contributed by atoms with Gasteiger partial charge in [-0.2, -0.15) is 0 Å². The van der Waals surface area contributed by atoms with Crippen molar-refractivity contribution in [1.82, 2.24) is 10.2 Å². The molecular formula is C22H28N2O4. The number of carbonyl (C=O) groups excluding carboxylic acids is 1. The molecule has 0 spiro atoms. The van der Waals surface area contributed by atoms with E-state index in [4.69, 9.17) is 14.2 Å². The van der Waals surface area contributed by atoms with Gasteiger partial charge in [-0.25, -0.2) is 0 Å². The van der Waals surface area contributed by atoms with Crippen LogP contribution in [0.5, 0.6) is 11.5 Å². The van der Waals surface area contributed by atoms with Crippen LogP contribution in [-0.2, 0) is 11.3 Å². The largest absolute Gasteiger partial charge is 0.496 e. The molecule has 1 unspecified atom stereocenters. The molecule has 0 saturated carbocycles. The van der Waals surface area contributed by atoms with Crippen LogP contribution in [-0.4, -0.2) is 57.4 Å². The fourth-order valence-electron chi connectivity index (χ4n) is 3.41. The molecule has 1 N–H and O–H groups in total. The lowest BCUT2D eigenvalue weighted by molar-refractivity contribution is -0.0292. The molecule has 1 heterocycles. The number of amides is 1. The second kappa shape index (κ2) is 9.57. The quantitative estimate of drug-likeness (QED) is 0.795. The van der Waals surface area contributed by atoms with Crippen molar-refractivity contribution in [3.05, 3.63) is 59.2 Å². The number of methoxy groups -OCH3 is 2. The minimum Gasteiger partial charge on any atom is -0.496 e. The monoisotopic (exact) mass is 384 g/mol. The van der Waals surface area contributed by atoms with Crippen LogP contribution in [0.25, 0.3) is 0 Å². The summed E-state index contributed by atoms with van der Waals surface area (Å²) in [6.45, 7) is 5.60. The van der Waals surface area contributed by atoms with Gasteiger partial charge in [0.1, 0.15) is 11.5 Å². The lowest BCUT2D eigenvalue weighted by atomic mass is 10.1. The van der Waals surface area contributed by atoms with Gasteiger partial charge in [-0.3, -0.25) is 9.69 Å². The van der Waals surface area contributed by atoms with Gasteiger partial charge in [-0.05, 0) is 24.6 Å². The molecule has 0 radical (unpaired) electrons. The Morgan fingerprint density at radius 1 is 1.18 bits per heavy atom. The Kier molecular flexibility index (Phi) is 6.90. The molecule has 0 aromatic heterocycles. The summed E-state index contributed by atoms with van der Waals surface area (Å²) in [5.74, 6) is 1.10. The van der Waals surface area contributed by atoms with E-state index >= 15 is 0 Å². The standard InChI is InChI=1S/C22H28N2O4/c1-16-20(26-2)11-18(12-21(16)27-3)22(25)23-13-19-15-24(9-10-28-19)14-17-7-5-4-6-8-17/h4-8,11-12,19H,9-10,13-15H2,1-3H3,(H,23,25). The van der Waals surface area contributed by atoms with Gasteiger partial charge in [0.15, 0.2) is 0 Å². The summed E-state index contributed by atoms with van der Waals surface area (Å²) >= 11 is 0. The maximum absolute atomic E-state index is 12.6. The molecule has 1 fully saturated rings. The number of nitrogens with zero attached hydrogens (tertiary/aromatic N) is 1.